The molecule has 20 aliphatic carbocycles. The Morgan fingerprint density at radius 2 is 0.786 bits per heavy atom. The highest BCUT2D eigenvalue weighted by Crippen LogP contribution is 2.67. The second kappa shape index (κ2) is 32.5. The number of piperidine rings is 2. The van der Waals surface area contributed by atoms with Crippen molar-refractivity contribution in [3.8, 4) is 0 Å². The van der Waals surface area contributed by atoms with E-state index >= 15 is 0 Å². The Morgan fingerprint density at radius 1 is 0.420 bits per heavy atom. The van der Waals surface area contributed by atoms with E-state index in [2.05, 4.69) is 61.1 Å². The molecule has 0 aromatic carbocycles. The topological polar surface area (TPSA) is 174 Å². The Bertz CT molecular complexity index is 3110. The van der Waals surface area contributed by atoms with Crippen molar-refractivity contribution in [2.45, 2.75) is 333 Å². The zero-order valence-electron chi connectivity index (χ0n) is 71.0. The van der Waals surface area contributed by atoms with Crippen molar-refractivity contribution in [1.82, 2.24) is 19.6 Å². The minimum Gasteiger partial charge on any atom is -0.459 e. The number of carbonyl (C=O) groups excluding carboxylic acids is 4. The molecule has 2 spiro atoms. The smallest absolute Gasteiger partial charge is 0.310 e. The average Bonchev–Trinajstić information content (AvgIpc) is 1.58. The van der Waals surface area contributed by atoms with Gasteiger partial charge in [-0.1, -0.05) is 68.7 Å². The van der Waals surface area contributed by atoms with Gasteiger partial charge in [0.25, 0.3) is 0 Å². The number of esters is 4. The van der Waals surface area contributed by atoms with Gasteiger partial charge < -0.3 is 62.1 Å². The van der Waals surface area contributed by atoms with Crippen LogP contribution >= 0.6 is 0 Å². The number of nitrogens with zero attached hydrogens (tertiary/aromatic N) is 4. The van der Waals surface area contributed by atoms with Gasteiger partial charge >= 0.3 is 23.9 Å². The molecule has 0 aromatic rings. The lowest BCUT2D eigenvalue weighted by Gasteiger charge is -2.58. The summed E-state index contributed by atoms with van der Waals surface area (Å²) in [7, 11) is 0. The molecule has 0 aromatic heterocycles. The first kappa shape index (κ1) is 80.5. The van der Waals surface area contributed by atoms with Gasteiger partial charge in [-0.05, 0) is 333 Å². The maximum atomic E-state index is 13.8. The second-order valence-electron chi connectivity index (χ2n) is 44.5. The third-order valence-corrected chi connectivity index (χ3v) is 34.7. The van der Waals surface area contributed by atoms with Crippen LogP contribution in [-0.2, 0) is 66.5 Å². The summed E-state index contributed by atoms with van der Waals surface area (Å²) in [6, 6.07) is 0. The lowest BCUT2D eigenvalue weighted by molar-refractivity contribution is -0.332. The molecule has 0 amide bonds. The van der Waals surface area contributed by atoms with E-state index in [9.17, 15) is 19.2 Å². The largest absolute Gasteiger partial charge is 0.459 e. The van der Waals surface area contributed by atoms with Crippen LogP contribution in [0.5, 0.6) is 0 Å². The standard InChI is InChI=1S/C35H51NO7.C23H39NO2.C18H29NO3.C18H31NO2/c1-19(17-36-5-3-2-4-6-36)32(37)39-30-29(28-18-38-34(41-28)24-9-20-7-21(11-24)12-25(34)10-20)40-33-31(30)42-35(43-33)26-13-22-8-23(15-26)16-27(35)14-22;1-16(15-24-7-5-20(6-8-24)22(2,3)4)21(25)26-23-12-17-9-18(13-23)11-19(10-17)14-23;1-13(12-19-2-4-21-5-3-19)17(20)22-18-9-14-6-15(10-18)8-16(7-14)11-18;1-4-19(5-2)12-13(3)17(20)21-18-9-14-6-15(10-18)8-16(7-14)11-18/h19-31,33H,2-18H2,1H3;16-20H,5-15H2,1-4H3;13-16H,2-12H2,1H3;13-16H,4-12H2,1-3H3. The van der Waals surface area contributed by atoms with Crippen LogP contribution < -0.4 is 0 Å². The number of morpholine rings is 1. The summed E-state index contributed by atoms with van der Waals surface area (Å²) in [6.07, 6.45) is 39.3. The lowest BCUT2D eigenvalue weighted by atomic mass is 9.53. The first-order valence-corrected chi connectivity index (χ1v) is 47.5. The number of fused-ring (bicyclic) bond motifs is 1. The van der Waals surface area contributed by atoms with Crippen molar-refractivity contribution in [2.75, 3.05) is 98.4 Å². The quantitative estimate of drug-likeness (QED) is 0.0881. The van der Waals surface area contributed by atoms with Crippen molar-refractivity contribution in [3.63, 3.8) is 0 Å². The number of likely N-dealkylation sites (tertiary alicyclic amines) is 2. The van der Waals surface area contributed by atoms with Gasteiger partial charge in [0.15, 0.2) is 30.1 Å². The number of hydrogen-bond acceptors (Lipinski definition) is 18. The monoisotopic (exact) mass is 1560 g/mol. The number of ether oxygens (including phenoxy) is 10. The maximum absolute atomic E-state index is 13.8. The molecule has 630 valence electrons. The van der Waals surface area contributed by atoms with E-state index in [1.807, 2.05) is 20.8 Å². The van der Waals surface area contributed by atoms with Gasteiger partial charge in [-0.15, -0.1) is 0 Å². The van der Waals surface area contributed by atoms with E-state index in [4.69, 9.17) is 47.4 Å². The predicted octanol–water partition coefficient (Wildman–Crippen LogP) is 15.7. The molecule has 18 nitrogen and oxygen atoms in total. The van der Waals surface area contributed by atoms with Crippen LogP contribution in [0.4, 0.5) is 0 Å². The third-order valence-electron chi connectivity index (χ3n) is 34.7. The molecule has 6 aliphatic heterocycles. The zero-order chi connectivity index (χ0) is 77.2. The molecule has 26 fully saturated rings. The molecular formula is C94H150N4O14. The second-order valence-corrected chi connectivity index (χ2v) is 44.5. The van der Waals surface area contributed by atoms with Crippen LogP contribution in [0.2, 0.25) is 0 Å². The Kier molecular flexibility index (Phi) is 23.3. The minimum absolute atomic E-state index is 0.00194. The van der Waals surface area contributed by atoms with E-state index in [1.165, 1.54) is 154 Å². The summed E-state index contributed by atoms with van der Waals surface area (Å²) in [5.74, 6) is 12.2. The van der Waals surface area contributed by atoms with E-state index in [-0.39, 0.29) is 70.5 Å². The molecule has 6 saturated heterocycles. The summed E-state index contributed by atoms with van der Waals surface area (Å²) in [6.45, 7) is 33.2. The predicted molar refractivity (Wildman–Crippen MR) is 426 cm³/mol. The molecule has 0 N–H and O–H groups in total. The highest BCUT2D eigenvalue weighted by atomic mass is 16.9. The SMILES string of the molecule is CC(CN1CCC(C(C)(C)C)CC1)C(=O)OC12CC3CC(CC(C3)C1)C2.CC(CN1CCCCC1)C(=O)OC1C(C2COC3(O2)C2CC4CC(C2)CC3C4)OC2OC3(OC21)C1CC2CC(C1)CC3C2.CC(CN1CCOCC1)C(=O)OC12CC3CC(CC(C3)C1)C2.CCN(CC)CC(C)C(=O)OC12CC3CC(CC(C3)C1)C2. The fraction of sp³-hybridized carbons (Fsp3) is 0.957. The van der Waals surface area contributed by atoms with Gasteiger partial charge in [-0.2, -0.15) is 0 Å². The first-order chi connectivity index (χ1) is 53.8. The molecule has 26 aliphatic rings. The Labute approximate surface area is 673 Å². The van der Waals surface area contributed by atoms with Crippen LogP contribution in [0.3, 0.4) is 0 Å². The molecule has 26 rings (SSSR count). The van der Waals surface area contributed by atoms with Crippen molar-refractivity contribution in [3.05, 3.63) is 0 Å². The van der Waals surface area contributed by atoms with Crippen molar-refractivity contribution < 1.29 is 66.5 Å². The fourth-order valence-electron chi connectivity index (χ4n) is 30.8. The van der Waals surface area contributed by atoms with E-state index in [1.54, 1.807) is 0 Å². The molecule has 9 unspecified atom stereocenters. The van der Waals surface area contributed by atoms with Crippen LogP contribution in [0.25, 0.3) is 0 Å². The minimum atomic E-state index is -0.576. The summed E-state index contributed by atoms with van der Waals surface area (Å²) in [4.78, 5) is 61.4. The van der Waals surface area contributed by atoms with Gasteiger partial charge in [0, 0.05) is 62.9 Å². The Hall–Kier alpha value is -2.52. The molecule has 20 bridgehead atoms. The van der Waals surface area contributed by atoms with Gasteiger partial charge in [0.05, 0.1) is 43.5 Å². The average molecular weight is 1560 g/mol. The number of carbonyl (C=O) groups is 4. The molecule has 18 heteroatoms. The van der Waals surface area contributed by atoms with Gasteiger partial charge in [0.2, 0.25) is 0 Å². The number of hydrogen-bond donors (Lipinski definition) is 0. The highest BCUT2D eigenvalue weighted by Gasteiger charge is 2.71. The molecule has 6 heterocycles. The summed E-state index contributed by atoms with van der Waals surface area (Å²) < 4.78 is 65.0. The van der Waals surface area contributed by atoms with Crippen LogP contribution in [0.1, 0.15) is 274 Å². The van der Waals surface area contributed by atoms with E-state index in [0.29, 0.717) is 35.7 Å². The van der Waals surface area contributed by atoms with Crippen LogP contribution in [0, 0.1) is 136 Å². The molecule has 20 saturated carbocycles. The molecule has 112 heavy (non-hydrogen) atoms. The van der Waals surface area contributed by atoms with Crippen LogP contribution in [0.15, 0.2) is 0 Å². The maximum Gasteiger partial charge on any atom is 0.310 e. The summed E-state index contributed by atoms with van der Waals surface area (Å²) in [5, 5.41) is 0. The zero-order valence-corrected chi connectivity index (χ0v) is 71.0. The lowest BCUT2D eigenvalue weighted by Crippen LogP contribution is -2.60. The first-order valence-electron chi connectivity index (χ1n) is 47.5. The van der Waals surface area contributed by atoms with Gasteiger partial charge in [0.1, 0.15) is 29.0 Å². The van der Waals surface area contributed by atoms with Gasteiger partial charge in [-0.25, -0.2) is 0 Å². The highest BCUT2D eigenvalue weighted by molar-refractivity contribution is 5.74. The summed E-state index contributed by atoms with van der Waals surface area (Å²) >= 11 is 0. The fourth-order valence-corrected chi connectivity index (χ4v) is 30.8. The number of rotatable bonds is 19. The molecule has 0 radical (unpaired) electrons. The van der Waals surface area contributed by atoms with Crippen molar-refractivity contribution in [1.29, 1.82) is 0 Å². The van der Waals surface area contributed by atoms with Crippen molar-refractivity contribution >= 4 is 23.9 Å². The van der Waals surface area contributed by atoms with Crippen LogP contribution in [-0.4, -0.2) is 201 Å². The Morgan fingerprint density at radius 3 is 1.19 bits per heavy atom. The van der Waals surface area contributed by atoms with E-state index < -0.39 is 36.2 Å². The van der Waals surface area contributed by atoms with E-state index in [0.717, 1.165) is 232 Å². The summed E-state index contributed by atoms with van der Waals surface area (Å²) in [5.41, 5.74) is 0.156. The van der Waals surface area contributed by atoms with Gasteiger partial charge in [-0.3, -0.25) is 24.1 Å². The molecule has 9 atom stereocenters. The normalized spacial score (nSPS) is 46.5. The Balaban J connectivity index is 0.000000110. The van der Waals surface area contributed by atoms with Crippen molar-refractivity contribution in [2.24, 2.45) is 136 Å². The third kappa shape index (κ3) is 16.7. The molecular weight excluding hydrogens is 1410 g/mol.